The van der Waals surface area contributed by atoms with E-state index in [0.29, 0.717) is 6.66 Å². The topological polar surface area (TPSA) is 49.4 Å². The van der Waals surface area contributed by atoms with Crippen LogP contribution in [0.4, 0.5) is 13.2 Å². The van der Waals surface area contributed by atoms with Gasteiger partial charge in [0.25, 0.3) is 0 Å². The van der Waals surface area contributed by atoms with Crippen LogP contribution in [-0.4, -0.2) is 17.2 Å². The Morgan fingerprint density at radius 2 is 1.74 bits per heavy atom. The fourth-order valence-corrected chi connectivity index (χ4v) is 2.43. The van der Waals surface area contributed by atoms with Crippen LogP contribution in [0.5, 0.6) is 0 Å². The Morgan fingerprint density at radius 1 is 1.26 bits per heavy atom. The van der Waals surface area contributed by atoms with E-state index in [1.807, 2.05) is 0 Å². The lowest BCUT2D eigenvalue weighted by Crippen LogP contribution is -2.41. The SMILES string of the molecule is CP(=O)([O-])O[C@@H](c1ccccc1)C(Cl)(Cl)C(F)(F)F. The Morgan fingerprint density at radius 3 is 2.11 bits per heavy atom. The summed E-state index contributed by atoms with van der Waals surface area (Å²) in [6.07, 6.45) is -7.14. The third kappa shape index (κ3) is 4.36. The summed E-state index contributed by atoms with van der Waals surface area (Å²) in [6.45, 7) is 0.642. The molecule has 9 heteroatoms. The summed E-state index contributed by atoms with van der Waals surface area (Å²) in [6, 6.07) is 6.85. The molecular weight excluding hydrogens is 327 g/mol. The Kier molecular flexibility index (Phi) is 4.97. The predicted molar refractivity (Wildman–Crippen MR) is 64.3 cm³/mol. The molecule has 108 valence electrons. The van der Waals surface area contributed by atoms with Crippen LogP contribution in [0.2, 0.25) is 0 Å². The monoisotopic (exact) mass is 335 g/mol. The summed E-state index contributed by atoms with van der Waals surface area (Å²) in [5.74, 6) is 0. The molecule has 0 amide bonds. The molecule has 2 atom stereocenters. The van der Waals surface area contributed by atoms with Gasteiger partial charge in [-0.1, -0.05) is 53.5 Å². The zero-order chi connectivity index (χ0) is 14.9. The van der Waals surface area contributed by atoms with E-state index in [1.54, 1.807) is 6.07 Å². The average Bonchev–Trinajstić information content (AvgIpc) is 2.24. The van der Waals surface area contributed by atoms with Gasteiger partial charge in [-0.2, -0.15) is 13.2 Å². The van der Waals surface area contributed by atoms with E-state index in [-0.39, 0.29) is 5.56 Å². The van der Waals surface area contributed by atoms with Crippen molar-refractivity contribution in [3.05, 3.63) is 35.9 Å². The highest BCUT2D eigenvalue weighted by atomic mass is 35.5. The summed E-state index contributed by atoms with van der Waals surface area (Å²) in [5, 5.41) is 0. The van der Waals surface area contributed by atoms with E-state index >= 15 is 0 Å². The van der Waals surface area contributed by atoms with Crippen LogP contribution in [0, 0.1) is 0 Å². The Hall–Kier alpha value is -0.260. The second-order valence-electron chi connectivity index (χ2n) is 3.79. The summed E-state index contributed by atoms with van der Waals surface area (Å²) >= 11 is 10.5. The van der Waals surface area contributed by atoms with E-state index in [0.717, 1.165) is 0 Å². The van der Waals surface area contributed by atoms with Gasteiger partial charge in [0, 0.05) is 6.66 Å². The summed E-state index contributed by atoms with van der Waals surface area (Å²) in [5.41, 5.74) is -0.0947. The highest BCUT2D eigenvalue weighted by Crippen LogP contribution is 2.54. The lowest BCUT2D eigenvalue weighted by Gasteiger charge is -2.35. The highest BCUT2D eigenvalue weighted by Gasteiger charge is 2.59. The van der Waals surface area contributed by atoms with Crippen molar-refractivity contribution in [1.29, 1.82) is 0 Å². The minimum atomic E-state index is -5.06. The standard InChI is InChI=1S/C10H10Cl2F3O3P/c1-19(16,17)18-8(7-5-3-2-4-6-7)9(11,12)10(13,14)15/h2-6,8H,1H3,(H,16,17)/p-1/t8-/m0/s1. The molecule has 0 heterocycles. The van der Waals surface area contributed by atoms with E-state index in [4.69, 9.17) is 23.2 Å². The Bertz CT molecular complexity index is 473. The molecule has 1 rings (SSSR count). The third-order valence-corrected chi connectivity index (χ3v) is 3.53. The van der Waals surface area contributed by atoms with Gasteiger partial charge in [0.05, 0.1) is 0 Å². The van der Waals surface area contributed by atoms with Gasteiger partial charge in [-0.15, -0.1) is 0 Å². The molecule has 0 spiro atoms. The van der Waals surface area contributed by atoms with Crippen molar-refractivity contribution in [1.82, 2.24) is 0 Å². The molecule has 0 aliphatic carbocycles. The van der Waals surface area contributed by atoms with Gasteiger partial charge in [-0.05, 0) is 5.56 Å². The van der Waals surface area contributed by atoms with Crippen LogP contribution in [0.1, 0.15) is 11.7 Å². The predicted octanol–water partition coefficient (Wildman–Crippen LogP) is 3.66. The zero-order valence-electron chi connectivity index (χ0n) is 9.53. The Balaban J connectivity index is 3.25. The maximum absolute atomic E-state index is 12.8. The molecule has 19 heavy (non-hydrogen) atoms. The van der Waals surface area contributed by atoms with Gasteiger partial charge < -0.3 is 14.0 Å². The van der Waals surface area contributed by atoms with Gasteiger partial charge in [-0.3, -0.25) is 0 Å². The molecular formula is C10H9Cl2F3O3P-. The molecule has 0 radical (unpaired) electrons. The van der Waals surface area contributed by atoms with Gasteiger partial charge in [0.2, 0.25) is 4.33 Å². The maximum atomic E-state index is 12.8. The average molecular weight is 336 g/mol. The van der Waals surface area contributed by atoms with Crippen molar-refractivity contribution in [3.8, 4) is 0 Å². The number of hydrogen-bond acceptors (Lipinski definition) is 3. The van der Waals surface area contributed by atoms with Crippen LogP contribution in [0.25, 0.3) is 0 Å². The number of halogens is 5. The first kappa shape index (κ1) is 16.8. The van der Waals surface area contributed by atoms with Crippen molar-refractivity contribution >= 4 is 30.8 Å². The second-order valence-corrected chi connectivity index (χ2v) is 6.93. The number of rotatable bonds is 4. The molecule has 0 fully saturated rings. The number of alkyl halides is 5. The first-order valence-electron chi connectivity index (χ1n) is 4.91. The van der Waals surface area contributed by atoms with Crippen molar-refractivity contribution in [2.75, 3.05) is 6.66 Å². The molecule has 0 N–H and O–H groups in total. The van der Waals surface area contributed by atoms with Gasteiger partial charge >= 0.3 is 6.18 Å². The van der Waals surface area contributed by atoms with E-state index in [1.165, 1.54) is 24.3 Å². The van der Waals surface area contributed by atoms with Crippen LogP contribution < -0.4 is 4.89 Å². The van der Waals surface area contributed by atoms with E-state index in [2.05, 4.69) is 4.52 Å². The van der Waals surface area contributed by atoms with Gasteiger partial charge in [0.1, 0.15) is 13.7 Å². The zero-order valence-corrected chi connectivity index (χ0v) is 11.9. The highest BCUT2D eigenvalue weighted by molar-refractivity contribution is 7.50. The molecule has 0 bridgehead atoms. The number of hydrogen-bond donors (Lipinski definition) is 0. The first-order valence-corrected chi connectivity index (χ1v) is 7.66. The van der Waals surface area contributed by atoms with E-state index in [9.17, 15) is 22.6 Å². The van der Waals surface area contributed by atoms with Crippen LogP contribution >= 0.6 is 30.8 Å². The molecule has 0 saturated heterocycles. The normalized spacial score (nSPS) is 17.8. The van der Waals surface area contributed by atoms with Crippen LogP contribution in [0.15, 0.2) is 30.3 Å². The van der Waals surface area contributed by atoms with Crippen LogP contribution in [-0.2, 0) is 9.09 Å². The lowest BCUT2D eigenvalue weighted by atomic mass is 10.1. The van der Waals surface area contributed by atoms with E-state index < -0.39 is 24.2 Å². The molecule has 0 aliphatic rings. The smallest absolute Gasteiger partial charge is 0.424 e. The largest absolute Gasteiger partial charge is 0.779 e. The van der Waals surface area contributed by atoms with Gasteiger partial charge in [-0.25, -0.2) is 0 Å². The molecule has 1 aromatic rings. The molecule has 0 aliphatic heterocycles. The fraction of sp³-hybridized carbons (Fsp3) is 0.400. The quantitative estimate of drug-likeness (QED) is 0.623. The molecule has 0 aromatic heterocycles. The van der Waals surface area contributed by atoms with Gasteiger partial charge in [0.15, 0.2) is 0 Å². The molecule has 3 nitrogen and oxygen atoms in total. The summed E-state index contributed by atoms with van der Waals surface area (Å²) in [4.78, 5) is 11.1. The fourth-order valence-electron chi connectivity index (χ4n) is 1.30. The molecule has 1 aromatic carbocycles. The number of benzene rings is 1. The minimum Gasteiger partial charge on any atom is -0.779 e. The Labute approximate surface area is 117 Å². The van der Waals surface area contributed by atoms with Crippen molar-refractivity contribution in [2.24, 2.45) is 0 Å². The summed E-state index contributed by atoms with van der Waals surface area (Å²) < 4.78 is 50.6. The van der Waals surface area contributed by atoms with Crippen molar-refractivity contribution in [3.63, 3.8) is 0 Å². The first-order chi connectivity index (χ1) is 8.45. The molecule has 0 saturated carbocycles. The van der Waals surface area contributed by atoms with Crippen molar-refractivity contribution in [2.45, 2.75) is 16.6 Å². The molecule has 1 unspecified atom stereocenters. The minimum absolute atomic E-state index is 0.0947. The second kappa shape index (κ2) is 5.62. The summed E-state index contributed by atoms with van der Waals surface area (Å²) in [7, 11) is -4.47. The maximum Gasteiger partial charge on any atom is 0.424 e. The lowest BCUT2D eigenvalue weighted by molar-refractivity contribution is -0.209. The third-order valence-electron chi connectivity index (χ3n) is 2.11. The van der Waals surface area contributed by atoms with Crippen LogP contribution in [0.3, 0.4) is 0 Å². The van der Waals surface area contributed by atoms with Crippen molar-refractivity contribution < 1.29 is 27.2 Å².